The molecule has 5 rings (SSSR count). The Morgan fingerprint density at radius 1 is 0.828 bits per heavy atom. The van der Waals surface area contributed by atoms with Gasteiger partial charge in [-0.25, -0.2) is 4.98 Å². The van der Waals surface area contributed by atoms with E-state index in [1.54, 1.807) is 11.8 Å². The van der Waals surface area contributed by atoms with E-state index in [0.717, 1.165) is 16.7 Å². The first-order valence-electron chi connectivity index (χ1n) is 9.61. The van der Waals surface area contributed by atoms with Crippen LogP contribution in [0.25, 0.3) is 0 Å². The van der Waals surface area contributed by atoms with E-state index in [1.807, 2.05) is 54.6 Å². The SMILES string of the molecule is O=C1CC(c2ccccc2)Sc2nc(C(c3ccccc3)c3ccccc3)nn21. The monoisotopic (exact) mass is 397 g/mol. The summed E-state index contributed by atoms with van der Waals surface area (Å²) in [6, 6.07) is 30.5. The largest absolute Gasteiger partial charge is 0.272 e. The molecular weight excluding hydrogens is 378 g/mol. The van der Waals surface area contributed by atoms with Gasteiger partial charge >= 0.3 is 0 Å². The number of nitrogens with zero attached hydrogens (tertiary/aromatic N) is 3. The quantitative estimate of drug-likeness (QED) is 0.467. The van der Waals surface area contributed by atoms with Crippen LogP contribution in [-0.4, -0.2) is 20.7 Å². The molecule has 0 saturated heterocycles. The van der Waals surface area contributed by atoms with E-state index in [9.17, 15) is 4.79 Å². The predicted octanol–water partition coefficient (Wildman–Crippen LogP) is 5.34. The molecule has 1 aliphatic heterocycles. The Hall–Kier alpha value is -3.18. The molecule has 2 heterocycles. The first-order chi connectivity index (χ1) is 14.3. The van der Waals surface area contributed by atoms with Crippen molar-refractivity contribution in [3.8, 4) is 0 Å². The van der Waals surface area contributed by atoms with E-state index in [-0.39, 0.29) is 17.1 Å². The molecule has 4 aromatic rings. The Labute approximate surface area is 173 Å². The van der Waals surface area contributed by atoms with E-state index < -0.39 is 0 Å². The summed E-state index contributed by atoms with van der Waals surface area (Å²) in [5.41, 5.74) is 3.36. The van der Waals surface area contributed by atoms with Crippen molar-refractivity contribution in [2.45, 2.75) is 22.7 Å². The third-order valence-corrected chi connectivity index (χ3v) is 6.33. The Kier molecular flexibility index (Phi) is 4.74. The van der Waals surface area contributed by atoms with Crippen molar-refractivity contribution in [1.82, 2.24) is 14.8 Å². The van der Waals surface area contributed by atoms with E-state index in [4.69, 9.17) is 4.98 Å². The predicted molar refractivity (Wildman–Crippen MR) is 114 cm³/mol. The maximum atomic E-state index is 12.8. The molecule has 0 saturated carbocycles. The number of thioether (sulfide) groups is 1. The van der Waals surface area contributed by atoms with Crippen LogP contribution in [-0.2, 0) is 0 Å². The zero-order valence-electron chi connectivity index (χ0n) is 15.7. The van der Waals surface area contributed by atoms with Crippen molar-refractivity contribution in [2.75, 3.05) is 0 Å². The van der Waals surface area contributed by atoms with Gasteiger partial charge in [0.25, 0.3) is 5.91 Å². The van der Waals surface area contributed by atoms with Crippen LogP contribution in [0.15, 0.2) is 96.2 Å². The zero-order chi connectivity index (χ0) is 19.6. The van der Waals surface area contributed by atoms with Gasteiger partial charge in [-0.3, -0.25) is 4.79 Å². The van der Waals surface area contributed by atoms with Crippen LogP contribution in [0, 0.1) is 0 Å². The summed E-state index contributed by atoms with van der Waals surface area (Å²) >= 11 is 1.61. The maximum Gasteiger partial charge on any atom is 0.250 e. The minimum Gasteiger partial charge on any atom is -0.272 e. The summed E-state index contributed by atoms with van der Waals surface area (Å²) < 4.78 is 1.48. The minimum atomic E-state index is -0.112. The highest BCUT2D eigenvalue weighted by atomic mass is 32.2. The molecule has 0 spiro atoms. The molecule has 0 N–H and O–H groups in total. The number of carbonyl (C=O) groups is 1. The van der Waals surface area contributed by atoms with Crippen molar-refractivity contribution < 1.29 is 4.79 Å². The fourth-order valence-corrected chi connectivity index (χ4v) is 4.89. The van der Waals surface area contributed by atoms with Gasteiger partial charge in [-0.05, 0) is 16.7 Å². The van der Waals surface area contributed by atoms with E-state index >= 15 is 0 Å². The zero-order valence-corrected chi connectivity index (χ0v) is 16.5. The van der Waals surface area contributed by atoms with Gasteiger partial charge < -0.3 is 0 Å². The van der Waals surface area contributed by atoms with E-state index in [2.05, 4.69) is 41.5 Å². The fraction of sp³-hybridized carbons (Fsp3) is 0.125. The maximum absolute atomic E-state index is 12.8. The molecule has 0 bridgehead atoms. The normalized spacial score (nSPS) is 16.0. The van der Waals surface area contributed by atoms with Gasteiger partial charge in [-0.15, -0.1) is 5.10 Å². The third kappa shape index (κ3) is 3.49. The summed E-state index contributed by atoms with van der Waals surface area (Å²) in [6.45, 7) is 0. The molecule has 29 heavy (non-hydrogen) atoms. The summed E-state index contributed by atoms with van der Waals surface area (Å²) in [7, 11) is 0. The van der Waals surface area contributed by atoms with Crippen LogP contribution in [0.2, 0.25) is 0 Å². The molecule has 0 fully saturated rings. The van der Waals surface area contributed by atoms with Gasteiger partial charge in [0.2, 0.25) is 0 Å². The van der Waals surface area contributed by atoms with Crippen LogP contribution in [0.4, 0.5) is 0 Å². The van der Waals surface area contributed by atoms with Crippen molar-refractivity contribution in [3.63, 3.8) is 0 Å². The van der Waals surface area contributed by atoms with Gasteiger partial charge in [-0.2, -0.15) is 4.68 Å². The fourth-order valence-electron chi connectivity index (χ4n) is 3.72. The Bertz CT molecular complexity index is 1090. The second-order valence-corrected chi connectivity index (χ2v) is 8.20. The lowest BCUT2D eigenvalue weighted by Crippen LogP contribution is -2.21. The standard InChI is InChI=1S/C24H19N3OS/c28-21-16-20(17-10-4-1-5-11-17)29-24-25-23(26-27(21)24)22(18-12-6-2-7-13-18)19-14-8-3-9-15-19/h1-15,20,22H,16H2. The summed E-state index contributed by atoms with van der Waals surface area (Å²) in [4.78, 5) is 17.6. The number of rotatable bonds is 4. The van der Waals surface area contributed by atoms with Crippen LogP contribution < -0.4 is 0 Å². The third-order valence-electron chi connectivity index (χ3n) is 5.13. The lowest BCUT2D eigenvalue weighted by molar-refractivity contribution is 0.0867. The van der Waals surface area contributed by atoms with Gasteiger partial charge in [-0.1, -0.05) is 103 Å². The molecule has 142 valence electrons. The summed E-state index contributed by atoms with van der Waals surface area (Å²) in [6.07, 6.45) is 0.422. The highest BCUT2D eigenvalue weighted by Crippen LogP contribution is 2.42. The number of hydrogen-bond acceptors (Lipinski definition) is 4. The highest BCUT2D eigenvalue weighted by molar-refractivity contribution is 7.99. The second-order valence-electron chi connectivity index (χ2n) is 7.03. The molecule has 1 unspecified atom stereocenters. The van der Waals surface area contributed by atoms with Gasteiger partial charge in [0, 0.05) is 11.7 Å². The molecule has 4 nitrogen and oxygen atoms in total. The molecule has 0 aliphatic carbocycles. The highest BCUT2D eigenvalue weighted by Gasteiger charge is 2.32. The number of aromatic nitrogens is 3. The smallest absolute Gasteiger partial charge is 0.250 e. The molecule has 1 aliphatic rings. The first-order valence-corrected chi connectivity index (χ1v) is 10.5. The van der Waals surface area contributed by atoms with Crippen molar-refractivity contribution in [3.05, 3.63) is 114 Å². The minimum absolute atomic E-state index is 0.00812. The average molecular weight is 398 g/mol. The number of benzene rings is 3. The van der Waals surface area contributed by atoms with E-state index in [1.165, 1.54) is 4.68 Å². The molecule has 3 aromatic carbocycles. The van der Waals surface area contributed by atoms with Gasteiger partial charge in [0.1, 0.15) is 0 Å². The van der Waals surface area contributed by atoms with Crippen LogP contribution >= 0.6 is 11.8 Å². The van der Waals surface area contributed by atoms with Crippen LogP contribution in [0.3, 0.4) is 0 Å². The Morgan fingerprint density at radius 3 is 1.97 bits per heavy atom. The lowest BCUT2D eigenvalue weighted by atomic mass is 9.91. The molecule has 1 aromatic heterocycles. The van der Waals surface area contributed by atoms with Crippen molar-refractivity contribution in [2.24, 2.45) is 0 Å². The van der Waals surface area contributed by atoms with Gasteiger partial charge in [0.15, 0.2) is 11.0 Å². The summed E-state index contributed by atoms with van der Waals surface area (Å²) in [5, 5.41) is 5.39. The Balaban J connectivity index is 1.56. The molecule has 5 heteroatoms. The van der Waals surface area contributed by atoms with E-state index in [0.29, 0.717) is 17.4 Å². The first kappa shape index (κ1) is 17.9. The number of hydrogen-bond donors (Lipinski definition) is 0. The second kappa shape index (κ2) is 7.68. The van der Waals surface area contributed by atoms with Gasteiger partial charge in [0.05, 0.1) is 5.92 Å². The van der Waals surface area contributed by atoms with Crippen LogP contribution in [0.5, 0.6) is 0 Å². The lowest BCUT2D eigenvalue weighted by Gasteiger charge is -2.20. The average Bonchev–Trinajstić information content (AvgIpc) is 3.20. The molecule has 1 atom stereocenters. The van der Waals surface area contributed by atoms with Crippen LogP contribution in [0.1, 0.15) is 44.9 Å². The topological polar surface area (TPSA) is 47.8 Å². The number of fused-ring (bicyclic) bond motifs is 1. The molecule has 0 amide bonds. The summed E-state index contributed by atoms with van der Waals surface area (Å²) in [5.74, 6) is 0.539. The number of carbonyl (C=O) groups excluding carboxylic acids is 1. The van der Waals surface area contributed by atoms with Crippen molar-refractivity contribution in [1.29, 1.82) is 0 Å². The molecular formula is C24H19N3OS. The molecule has 0 radical (unpaired) electrons. The van der Waals surface area contributed by atoms with Crippen molar-refractivity contribution >= 4 is 17.7 Å². The Morgan fingerprint density at radius 2 is 1.38 bits per heavy atom.